The fourth-order valence-electron chi connectivity index (χ4n) is 3.98. The minimum absolute atomic E-state index is 0. The van der Waals surface area contributed by atoms with Crippen LogP contribution in [0.4, 0.5) is 4.79 Å². The monoisotopic (exact) mass is 529 g/mol. The molecule has 0 spiro atoms. The van der Waals surface area contributed by atoms with Gasteiger partial charge in [0.25, 0.3) is 0 Å². The van der Waals surface area contributed by atoms with Gasteiger partial charge in [0.05, 0.1) is 13.2 Å². The first-order valence-electron chi connectivity index (χ1n) is 10.9. The van der Waals surface area contributed by atoms with Crippen LogP contribution in [-0.2, 0) is 17.8 Å². The van der Waals surface area contributed by atoms with Gasteiger partial charge in [-0.3, -0.25) is 4.90 Å². The number of piperidine rings is 2. The van der Waals surface area contributed by atoms with Crippen LogP contribution in [0.15, 0.2) is 29.3 Å². The van der Waals surface area contributed by atoms with Gasteiger partial charge in [-0.05, 0) is 56.8 Å². The van der Waals surface area contributed by atoms with Crippen molar-refractivity contribution in [2.24, 2.45) is 10.7 Å². The van der Waals surface area contributed by atoms with Gasteiger partial charge in [0, 0.05) is 25.7 Å². The number of nitrogens with zero attached hydrogens (tertiary/aromatic N) is 3. The van der Waals surface area contributed by atoms with E-state index in [0.717, 1.165) is 24.9 Å². The normalized spacial score (nSPS) is 18.6. The third-order valence-corrected chi connectivity index (χ3v) is 5.68. The Bertz CT molecular complexity index is 669. The molecule has 0 atom stereocenters. The number of nitrogens with two attached hydrogens (primary N) is 1. The SMILES string of the molecule is CCOC(=O)N1CCC(NC(N)=NCc2ccc(CN3CCCCC3)cc2)CC1.I. The van der Waals surface area contributed by atoms with E-state index in [9.17, 15) is 4.79 Å². The molecule has 0 bridgehead atoms. The lowest BCUT2D eigenvalue weighted by atomic mass is 10.1. The molecule has 8 heteroatoms. The summed E-state index contributed by atoms with van der Waals surface area (Å²) in [5, 5.41) is 3.29. The standard InChI is InChI=1S/C22H35N5O2.HI/c1-2-29-22(28)27-14-10-20(11-15-27)25-21(23)24-16-18-6-8-19(9-7-18)17-26-12-4-3-5-13-26;/h6-9,20H,2-5,10-17H2,1H3,(H3,23,24,25);1H. The Kier molecular flexibility index (Phi) is 10.7. The van der Waals surface area contributed by atoms with Crippen molar-refractivity contribution in [2.45, 2.75) is 58.2 Å². The fourth-order valence-corrected chi connectivity index (χ4v) is 3.98. The van der Waals surface area contributed by atoms with Crippen molar-refractivity contribution < 1.29 is 9.53 Å². The molecule has 0 aliphatic carbocycles. The number of benzene rings is 1. The van der Waals surface area contributed by atoms with E-state index in [1.54, 1.807) is 4.90 Å². The number of guanidine groups is 1. The van der Waals surface area contributed by atoms with Gasteiger partial charge in [-0.15, -0.1) is 24.0 Å². The Morgan fingerprint density at radius 2 is 1.73 bits per heavy atom. The van der Waals surface area contributed by atoms with Crippen molar-refractivity contribution in [1.29, 1.82) is 0 Å². The van der Waals surface area contributed by atoms with Crippen LogP contribution >= 0.6 is 24.0 Å². The van der Waals surface area contributed by atoms with Gasteiger partial charge < -0.3 is 20.7 Å². The summed E-state index contributed by atoms with van der Waals surface area (Å²) in [5.74, 6) is 0.469. The number of rotatable bonds is 6. The van der Waals surface area contributed by atoms with Crippen molar-refractivity contribution >= 4 is 36.0 Å². The summed E-state index contributed by atoms with van der Waals surface area (Å²) in [6.45, 7) is 7.65. The predicted molar refractivity (Wildman–Crippen MR) is 131 cm³/mol. The molecule has 1 aromatic carbocycles. The number of halogens is 1. The molecule has 168 valence electrons. The molecule has 30 heavy (non-hydrogen) atoms. The zero-order valence-corrected chi connectivity index (χ0v) is 20.3. The Morgan fingerprint density at radius 3 is 2.37 bits per heavy atom. The molecule has 3 N–H and O–H groups in total. The number of aliphatic imine (C=N–C) groups is 1. The molecule has 3 rings (SSSR count). The highest BCUT2D eigenvalue weighted by atomic mass is 127. The summed E-state index contributed by atoms with van der Waals surface area (Å²) in [7, 11) is 0. The van der Waals surface area contributed by atoms with Gasteiger partial charge in [-0.1, -0.05) is 30.7 Å². The minimum atomic E-state index is -0.226. The van der Waals surface area contributed by atoms with Crippen LogP contribution in [-0.4, -0.2) is 60.7 Å². The summed E-state index contributed by atoms with van der Waals surface area (Å²) in [6.07, 6.45) is 5.48. The molecule has 0 aromatic heterocycles. The van der Waals surface area contributed by atoms with Crippen LogP contribution in [0.5, 0.6) is 0 Å². The van der Waals surface area contributed by atoms with Crippen molar-refractivity contribution in [3.8, 4) is 0 Å². The minimum Gasteiger partial charge on any atom is -0.450 e. The van der Waals surface area contributed by atoms with Gasteiger partial charge in [-0.2, -0.15) is 0 Å². The van der Waals surface area contributed by atoms with Crippen LogP contribution in [0.3, 0.4) is 0 Å². The molecule has 1 aromatic rings. The molecule has 0 radical (unpaired) electrons. The molecule has 7 nitrogen and oxygen atoms in total. The highest BCUT2D eigenvalue weighted by Gasteiger charge is 2.23. The maximum Gasteiger partial charge on any atom is 0.409 e. The molecule has 2 aliphatic heterocycles. The van der Waals surface area contributed by atoms with Gasteiger partial charge in [0.1, 0.15) is 0 Å². The Labute approximate surface area is 197 Å². The van der Waals surface area contributed by atoms with Crippen LogP contribution in [0.1, 0.15) is 50.2 Å². The number of carbonyl (C=O) groups excluding carboxylic acids is 1. The van der Waals surface area contributed by atoms with Crippen molar-refractivity contribution in [3.63, 3.8) is 0 Å². The van der Waals surface area contributed by atoms with E-state index in [1.807, 2.05) is 6.92 Å². The quantitative estimate of drug-likeness (QED) is 0.336. The highest BCUT2D eigenvalue weighted by molar-refractivity contribution is 14.0. The molecular weight excluding hydrogens is 493 g/mol. The summed E-state index contributed by atoms with van der Waals surface area (Å²) < 4.78 is 5.05. The number of hydrogen-bond donors (Lipinski definition) is 2. The molecule has 2 aliphatic rings. The molecular formula is C22H36IN5O2. The van der Waals surface area contributed by atoms with Crippen LogP contribution < -0.4 is 11.1 Å². The molecule has 2 saturated heterocycles. The lowest BCUT2D eigenvalue weighted by molar-refractivity contribution is 0.0963. The number of ether oxygens (including phenoxy) is 1. The molecule has 0 unspecified atom stereocenters. The number of hydrogen-bond acceptors (Lipinski definition) is 4. The Balaban J connectivity index is 0.00000320. The maximum absolute atomic E-state index is 11.8. The van der Waals surface area contributed by atoms with Crippen molar-refractivity contribution in [1.82, 2.24) is 15.1 Å². The zero-order chi connectivity index (χ0) is 20.5. The van der Waals surface area contributed by atoms with E-state index in [4.69, 9.17) is 10.5 Å². The van der Waals surface area contributed by atoms with Gasteiger partial charge in [0.2, 0.25) is 0 Å². The second kappa shape index (κ2) is 13.0. The van der Waals surface area contributed by atoms with E-state index in [0.29, 0.717) is 32.2 Å². The van der Waals surface area contributed by atoms with E-state index < -0.39 is 0 Å². The highest BCUT2D eigenvalue weighted by Crippen LogP contribution is 2.14. The third kappa shape index (κ3) is 7.94. The van der Waals surface area contributed by atoms with Gasteiger partial charge in [0.15, 0.2) is 5.96 Å². The fraction of sp³-hybridized carbons (Fsp3) is 0.636. The Morgan fingerprint density at radius 1 is 1.10 bits per heavy atom. The van der Waals surface area contributed by atoms with Crippen molar-refractivity contribution in [3.05, 3.63) is 35.4 Å². The number of carbonyl (C=O) groups is 1. The van der Waals surface area contributed by atoms with Crippen LogP contribution in [0, 0.1) is 0 Å². The van der Waals surface area contributed by atoms with E-state index in [1.165, 1.54) is 37.9 Å². The molecule has 1 amide bonds. The van der Waals surface area contributed by atoms with Crippen molar-refractivity contribution in [2.75, 3.05) is 32.8 Å². The first-order chi connectivity index (χ1) is 14.1. The molecule has 0 saturated carbocycles. The number of amides is 1. The van der Waals surface area contributed by atoms with Gasteiger partial charge >= 0.3 is 6.09 Å². The second-order valence-corrected chi connectivity index (χ2v) is 7.96. The van der Waals surface area contributed by atoms with E-state index in [-0.39, 0.29) is 36.1 Å². The van der Waals surface area contributed by atoms with Crippen LogP contribution in [0.2, 0.25) is 0 Å². The average molecular weight is 529 g/mol. The zero-order valence-electron chi connectivity index (χ0n) is 18.0. The average Bonchev–Trinajstić information content (AvgIpc) is 2.75. The summed E-state index contributed by atoms with van der Waals surface area (Å²) >= 11 is 0. The number of likely N-dealkylation sites (tertiary alicyclic amines) is 2. The first kappa shape index (κ1) is 24.7. The van der Waals surface area contributed by atoms with E-state index in [2.05, 4.69) is 39.5 Å². The Hall–Kier alpha value is -1.55. The lowest BCUT2D eigenvalue weighted by Gasteiger charge is -2.31. The lowest BCUT2D eigenvalue weighted by Crippen LogP contribution is -2.48. The van der Waals surface area contributed by atoms with Crippen LogP contribution in [0.25, 0.3) is 0 Å². The number of nitrogens with one attached hydrogen (secondary N) is 1. The topological polar surface area (TPSA) is 83.2 Å². The smallest absolute Gasteiger partial charge is 0.409 e. The summed E-state index contributed by atoms with van der Waals surface area (Å²) in [5.41, 5.74) is 8.60. The molecule has 2 heterocycles. The molecule has 2 fully saturated rings. The largest absolute Gasteiger partial charge is 0.450 e. The second-order valence-electron chi connectivity index (χ2n) is 7.96. The third-order valence-electron chi connectivity index (χ3n) is 5.68. The maximum atomic E-state index is 11.8. The summed E-state index contributed by atoms with van der Waals surface area (Å²) in [4.78, 5) is 20.5. The first-order valence-corrected chi connectivity index (χ1v) is 10.9. The summed E-state index contributed by atoms with van der Waals surface area (Å²) in [6, 6.07) is 8.95. The van der Waals surface area contributed by atoms with E-state index >= 15 is 0 Å². The predicted octanol–water partition coefficient (Wildman–Crippen LogP) is 3.32. The van der Waals surface area contributed by atoms with Gasteiger partial charge in [-0.25, -0.2) is 9.79 Å².